The molecule has 20 heavy (non-hydrogen) atoms. The molecule has 110 valence electrons. The fourth-order valence-electron chi connectivity index (χ4n) is 2.99. The summed E-state index contributed by atoms with van der Waals surface area (Å²) in [5, 5.41) is 8.53. The first-order valence-corrected chi connectivity index (χ1v) is 7.33. The van der Waals surface area contributed by atoms with Crippen LogP contribution in [0.4, 0.5) is 0 Å². The lowest BCUT2D eigenvalue weighted by atomic mass is 9.85. The number of carboxylic acid groups (broad SMARTS) is 1. The Morgan fingerprint density at radius 1 is 1.05 bits per heavy atom. The van der Waals surface area contributed by atoms with Gasteiger partial charge in [-0.25, -0.2) is 0 Å². The van der Waals surface area contributed by atoms with E-state index in [1.54, 1.807) is 0 Å². The molecule has 0 aromatic heterocycles. The predicted molar refractivity (Wildman–Crippen MR) is 72.8 cm³/mol. The summed E-state index contributed by atoms with van der Waals surface area (Å²) in [6.07, 6.45) is 8.65. The van der Waals surface area contributed by atoms with Gasteiger partial charge < -0.3 is 5.11 Å². The van der Waals surface area contributed by atoms with Crippen LogP contribution in [0, 0.1) is 11.8 Å². The molecule has 1 saturated heterocycles. The Morgan fingerprint density at radius 3 is 2.15 bits per heavy atom. The molecule has 1 aliphatic heterocycles. The number of imide groups is 1. The van der Waals surface area contributed by atoms with Gasteiger partial charge in [-0.2, -0.15) is 0 Å². The first kappa shape index (κ1) is 14.8. The van der Waals surface area contributed by atoms with Crippen molar-refractivity contribution in [3.63, 3.8) is 0 Å². The van der Waals surface area contributed by atoms with Crippen LogP contribution in [-0.2, 0) is 14.4 Å². The molecule has 0 saturated carbocycles. The second-order valence-electron chi connectivity index (χ2n) is 5.54. The number of hydrogen-bond donors (Lipinski definition) is 1. The molecule has 0 aromatic rings. The van der Waals surface area contributed by atoms with Gasteiger partial charge in [-0.05, 0) is 25.7 Å². The van der Waals surface area contributed by atoms with Crippen molar-refractivity contribution in [2.75, 3.05) is 6.54 Å². The van der Waals surface area contributed by atoms with E-state index in [1.807, 2.05) is 12.2 Å². The van der Waals surface area contributed by atoms with Crippen LogP contribution in [0.15, 0.2) is 12.2 Å². The van der Waals surface area contributed by atoms with Gasteiger partial charge >= 0.3 is 5.97 Å². The second-order valence-corrected chi connectivity index (χ2v) is 5.54. The van der Waals surface area contributed by atoms with Gasteiger partial charge in [-0.1, -0.05) is 25.0 Å². The number of amides is 2. The smallest absolute Gasteiger partial charge is 0.303 e. The van der Waals surface area contributed by atoms with E-state index in [9.17, 15) is 14.4 Å². The Balaban J connectivity index is 1.72. The van der Waals surface area contributed by atoms with Crippen molar-refractivity contribution in [3.05, 3.63) is 12.2 Å². The molecule has 1 aliphatic carbocycles. The molecule has 0 radical (unpaired) electrons. The highest BCUT2D eigenvalue weighted by Crippen LogP contribution is 2.35. The Bertz CT molecular complexity index is 404. The van der Waals surface area contributed by atoms with Gasteiger partial charge in [0.1, 0.15) is 0 Å². The van der Waals surface area contributed by atoms with E-state index in [0.717, 1.165) is 19.3 Å². The lowest BCUT2D eigenvalue weighted by Gasteiger charge is -2.14. The maximum Gasteiger partial charge on any atom is 0.303 e. The third kappa shape index (κ3) is 3.26. The first-order chi connectivity index (χ1) is 9.61. The van der Waals surface area contributed by atoms with Crippen molar-refractivity contribution in [1.82, 2.24) is 4.90 Å². The van der Waals surface area contributed by atoms with E-state index in [0.29, 0.717) is 25.8 Å². The Kier molecular flexibility index (Phi) is 4.93. The van der Waals surface area contributed by atoms with Crippen molar-refractivity contribution in [3.8, 4) is 0 Å². The van der Waals surface area contributed by atoms with Crippen LogP contribution in [0.5, 0.6) is 0 Å². The van der Waals surface area contributed by atoms with E-state index in [2.05, 4.69) is 0 Å². The zero-order chi connectivity index (χ0) is 14.5. The number of carboxylic acids is 1. The van der Waals surface area contributed by atoms with Gasteiger partial charge in [0, 0.05) is 13.0 Å². The van der Waals surface area contributed by atoms with Crippen LogP contribution < -0.4 is 0 Å². The Labute approximate surface area is 118 Å². The highest BCUT2D eigenvalue weighted by molar-refractivity contribution is 6.05. The van der Waals surface area contributed by atoms with E-state index in [-0.39, 0.29) is 30.1 Å². The molecule has 2 aliphatic rings. The molecule has 0 spiro atoms. The van der Waals surface area contributed by atoms with E-state index >= 15 is 0 Å². The molecule has 2 unspecified atom stereocenters. The fourth-order valence-corrected chi connectivity index (χ4v) is 2.99. The minimum atomic E-state index is -0.772. The summed E-state index contributed by atoms with van der Waals surface area (Å²) in [7, 11) is 0. The molecule has 2 atom stereocenters. The maximum absolute atomic E-state index is 12.2. The average Bonchev–Trinajstić information content (AvgIpc) is 2.67. The molecule has 5 heteroatoms. The summed E-state index contributed by atoms with van der Waals surface area (Å²) in [6, 6.07) is 0. The standard InChI is InChI=1S/C15H21NO4/c17-13(18)9-3-1-2-6-10-16-14(19)11-7-4-5-8-12(11)15(16)20/h4-5,11-12H,1-3,6-10H2,(H,17,18). The molecular weight excluding hydrogens is 258 g/mol. The number of unbranched alkanes of at least 4 members (excludes halogenated alkanes) is 3. The second kappa shape index (κ2) is 6.68. The first-order valence-electron chi connectivity index (χ1n) is 7.33. The third-order valence-corrected chi connectivity index (χ3v) is 4.12. The maximum atomic E-state index is 12.2. The van der Waals surface area contributed by atoms with Crippen molar-refractivity contribution >= 4 is 17.8 Å². The number of hydrogen-bond acceptors (Lipinski definition) is 3. The molecule has 2 amide bonds. The molecule has 2 rings (SSSR count). The summed E-state index contributed by atoms with van der Waals surface area (Å²) in [6.45, 7) is 0.484. The van der Waals surface area contributed by atoms with Crippen LogP contribution in [-0.4, -0.2) is 34.3 Å². The van der Waals surface area contributed by atoms with Gasteiger partial charge in [0.2, 0.25) is 11.8 Å². The van der Waals surface area contributed by atoms with Crippen molar-refractivity contribution in [1.29, 1.82) is 0 Å². The van der Waals surface area contributed by atoms with Crippen LogP contribution in [0.2, 0.25) is 0 Å². The summed E-state index contributed by atoms with van der Waals surface area (Å²) in [4.78, 5) is 36.1. The summed E-state index contributed by atoms with van der Waals surface area (Å²) in [5.74, 6) is -1.09. The quantitative estimate of drug-likeness (QED) is 0.439. The number of fused-ring (bicyclic) bond motifs is 1. The largest absolute Gasteiger partial charge is 0.481 e. The number of carbonyl (C=O) groups excluding carboxylic acids is 2. The van der Waals surface area contributed by atoms with Gasteiger partial charge in [-0.15, -0.1) is 0 Å². The zero-order valence-electron chi connectivity index (χ0n) is 11.6. The SMILES string of the molecule is O=C(O)CCCCCCN1C(=O)C2CC=CCC2C1=O. The highest BCUT2D eigenvalue weighted by Gasteiger charge is 2.46. The molecule has 1 heterocycles. The van der Waals surface area contributed by atoms with E-state index < -0.39 is 5.97 Å². The molecule has 1 N–H and O–H groups in total. The van der Waals surface area contributed by atoms with Crippen molar-refractivity contribution in [2.24, 2.45) is 11.8 Å². The Morgan fingerprint density at radius 2 is 1.60 bits per heavy atom. The van der Waals surface area contributed by atoms with Gasteiger partial charge in [0.05, 0.1) is 11.8 Å². The molecular formula is C15H21NO4. The van der Waals surface area contributed by atoms with Crippen LogP contribution >= 0.6 is 0 Å². The van der Waals surface area contributed by atoms with E-state index in [4.69, 9.17) is 5.11 Å². The van der Waals surface area contributed by atoms with Crippen LogP contribution in [0.3, 0.4) is 0 Å². The summed E-state index contributed by atoms with van der Waals surface area (Å²) < 4.78 is 0. The number of allylic oxidation sites excluding steroid dienone is 2. The van der Waals surface area contributed by atoms with Gasteiger partial charge in [0.25, 0.3) is 0 Å². The average molecular weight is 279 g/mol. The number of rotatable bonds is 7. The number of likely N-dealkylation sites (tertiary alicyclic amines) is 1. The monoisotopic (exact) mass is 279 g/mol. The third-order valence-electron chi connectivity index (χ3n) is 4.12. The van der Waals surface area contributed by atoms with Crippen molar-refractivity contribution < 1.29 is 19.5 Å². The number of nitrogens with zero attached hydrogens (tertiary/aromatic N) is 1. The highest BCUT2D eigenvalue weighted by atomic mass is 16.4. The number of carbonyl (C=O) groups is 3. The number of aliphatic carboxylic acids is 1. The van der Waals surface area contributed by atoms with Crippen LogP contribution in [0.1, 0.15) is 44.9 Å². The lowest BCUT2D eigenvalue weighted by Crippen LogP contribution is -2.32. The van der Waals surface area contributed by atoms with Crippen LogP contribution in [0.25, 0.3) is 0 Å². The van der Waals surface area contributed by atoms with Gasteiger partial charge in [0.15, 0.2) is 0 Å². The Hall–Kier alpha value is -1.65. The van der Waals surface area contributed by atoms with Gasteiger partial charge in [-0.3, -0.25) is 19.3 Å². The zero-order valence-corrected chi connectivity index (χ0v) is 11.6. The summed E-state index contributed by atoms with van der Waals surface area (Å²) in [5.41, 5.74) is 0. The molecule has 5 nitrogen and oxygen atoms in total. The predicted octanol–water partition coefficient (Wildman–Crippen LogP) is 1.97. The van der Waals surface area contributed by atoms with E-state index in [1.165, 1.54) is 4.90 Å². The fraction of sp³-hybridized carbons (Fsp3) is 0.667. The normalized spacial score (nSPS) is 25.1. The lowest BCUT2D eigenvalue weighted by molar-refractivity contribution is -0.140. The molecule has 1 fully saturated rings. The topological polar surface area (TPSA) is 74.7 Å². The summed E-state index contributed by atoms with van der Waals surface area (Å²) >= 11 is 0. The minimum absolute atomic E-state index is 0.0186. The van der Waals surface area contributed by atoms with Crippen molar-refractivity contribution in [2.45, 2.75) is 44.9 Å². The molecule has 0 aromatic carbocycles. The molecule has 0 bridgehead atoms. The minimum Gasteiger partial charge on any atom is -0.481 e.